The van der Waals surface area contributed by atoms with Gasteiger partial charge in [0.05, 0.1) is 5.69 Å². The first-order chi connectivity index (χ1) is 9.45. The van der Waals surface area contributed by atoms with E-state index in [9.17, 15) is 0 Å². The van der Waals surface area contributed by atoms with Crippen LogP contribution in [0.2, 0.25) is 0 Å². The molecule has 0 aliphatic carbocycles. The summed E-state index contributed by atoms with van der Waals surface area (Å²) in [6, 6.07) is 0. The van der Waals surface area contributed by atoms with E-state index in [2.05, 4.69) is 54.5 Å². The highest BCUT2D eigenvalue weighted by Crippen LogP contribution is 2.21. The van der Waals surface area contributed by atoms with Crippen LogP contribution in [0, 0.1) is 5.92 Å². The maximum atomic E-state index is 4.51. The van der Waals surface area contributed by atoms with Crippen molar-refractivity contribution in [3.63, 3.8) is 0 Å². The van der Waals surface area contributed by atoms with Gasteiger partial charge in [0.25, 0.3) is 0 Å². The van der Waals surface area contributed by atoms with Crippen molar-refractivity contribution in [2.75, 3.05) is 5.32 Å². The second kappa shape index (κ2) is 6.35. The second-order valence-electron chi connectivity index (χ2n) is 5.82. The Hall–Kier alpha value is -1.43. The highest BCUT2D eigenvalue weighted by molar-refractivity contribution is 7.15. The molecule has 2 aromatic rings. The summed E-state index contributed by atoms with van der Waals surface area (Å²) in [6.07, 6.45) is 3.06. The van der Waals surface area contributed by atoms with Crippen LogP contribution in [0.4, 0.5) is 5.13 Å². The fraction of sp³-hybridized carbons (Fsp3) is 0.643. The molecule has 0 aromatic carbocycles. The van der Waals surface area contributed by atoms with Crippen LogP contribution in [-0.2, 0) is 20.0 Å². The largest absolute Gasteiger partial charge is 0.356 e. The van der Waals surface area contributed by atoms with Crippen molar-refractivity contribution >= 4 is 16.5 Å². The predicted molar refractivity (Wildman–Crippen MR) is 83.1 cm³/mol. The van der Waals surface area contributed by atoms with Crippen LogP contribution in [0.15, 0.2) is 6.20 Å². The van der Waals surface area contributed by atoms with Gasteiger partial charge in [0.2, 0.25) is 5.13 Å². The zero-order valence-electron chi connectivity index (χ0n) is 12.8. The molecule has 0 fully saturated rings. The highest BCUT2D eigenvalue weighted by Gasteiger charge is 2.12. The van der Waals surface area contributed by atoms with Crippen molar-refractivity contribution in [1.29, 1.82) is 0 Å². The molecular weight excluding hydrogens is 270 g/mol. The van der Waals surface area contributed by atoms with Crippen LogP contribution in [-0.4, -0.2) is 20.0 Å². The molecule has 2 heterocycles. The molecule has 0 radical (unpaired) electrons. The van der Waals surface area contributed by atoms with Crippen molar-refractivity contribution in [2.45, 2.75) is 46.6 Å². The van der Waals surface area contributed by atoms with Crippen LogP contribution in [0.3, 0.4) is 0 Å². The molecule has 0 bridgehead atoms. The highest BCUT2D eigenvalue weighted by atomic mass is 32.1. The quantitative estimate of drug-likeness (QED) is 0.888. The maximum Gasteiger partial charge on any atom is 0.205 e. The normalized spacial score (nSPS) is 11.6. The maximum absolute atomic E-state index is 4.51. The van der Waals surface area contributed by atoms with E-state index in [4.69, 9.17) is 0 Å². The smallest absolute Gasteiger partial charge is 0.205 e. The minimum Gasteiger partial charge on any atom is -0.356 e. The molecule has 20 heavy (non-hydrogen) atoms. The van der Waals surface area contributed by atoms with Gasteiger partial charge in [-0.15, -0.1) is 10.2 Å². The summed E-state index contributed by atoms with van der Waals surface area (Å²) < 4.78 is 1.87. The fourth-order valence-electron chi connectivity index (χ4n) is 2.10. The molecule has 0 atom stereocenters. The minimum absolute atomic E-state index is 0.430. The summed E-state index contributed by atoms with van der Waals surface area (Å²) in [6.45, 7) is 9.46. The summed E-state index contributed by atoms with van der Waals surface area (Å²) in [4.78, 5) is 0. The molecule has 6 heteroatoms. The van der Waals surface area contributed by atoms with Crippen LogP contribution in [0.25, 0.3) is 0 Å². The zero-order chi connectivity index (χ0) is 14.7. The van der Waals surface area contributed by atoms with Gasteiger partial charge < -0.3 is 5.32 Å². The predicted octanol–water partition coefficient (Wildman–Crippen LogP) is 3.21. The Balaban J connectivity index is 2.00. The third-order valence-electron chi connectivity index (χ3n) is 2.96. The van der Waals surface area contributed by atoms with Gasteiger partial charge in [-0.25, -0.2) is 0 Å². The van der Waals surface area contributed by atoms with Gasteiger partial charge in [0, 0.05) is 31.8 Å². The standard InChI is InChI=1S/C14H23N5S/c1-9(2)6-12-16-17-14(20-12)15-7-11-8-19(5)18-13(11)10(3)4/h8-10H,6-7H2,1-5H3,(H,15,17). The molecule has 0 aliphatic heterocycles. The molecule has 0 amide bonds. The third-order valence-corrected chi connectivity index (χ3v) is 3.87. The number of nitrogens with zero attached hydrogens (tertiary/aromatic N) is 4. The number of aromatic nitrogens is 4. The van der Waals surface area contributed by atoms with Crippen molar-refractivity contribution in [3.8, 4) is 0 Å². The number of nitrogens with one attached hydrogen (secondary N) is 1. The van der Waals surface area contributed by atoms with Gasteiger partial charge in [-0.2, -0.15) is 5.10 Å². The lowest BCUT2D eigenvalue weighted by Gasteiger charge is -2.05. The van der Waals surface area contributed by atoms with Crippen molar-refractivity contribution in [1.82, 2.24) is 20.0 Å². The summed E-state index contributed by atoms with van der Waals surface area (Å²) in [5.41, 5.74) is 2.37. The zero-order valence-corrected chi connectivity index (χ0v) is 13.7. The Kier molecular flexibility index (Phi) is 4.75. The lowest BCUT2D eigenvalue weighted by atomic mass is 10.1. The van der Waals surface area contributed by atoms with E-state index in [-0.39, 0.29) is 0 Å². The number of anilines is 1. The van der Waals surface area contributed by atoms with E-state index in [1.165, 1.54) is 5.56 Å². The molecule has 2 aromatic heterocycles. The Bertz CT molecular complexity index is 556. The van der Waals surface area contributed by atoms with E-state index >= 15 is 0 Å². The molecule has 0 saturated carbocycles. The molecule has 1 N–H and O–H groups in total. The Morgan fingerprint density at radius 2 is 2.00 bits per heavy atom. The average Bonchev–Trinajstić information content (AvgIpc) is 2.92. The first kappa shape index (κ1) is 15.0. The van der Waals surface area contributed by atoms with Gasteiger partial charge in [-0.05, 0) is 11.8 Å². The molecule has 0 saturated heterocycles. The van der Waals surface area contributed by atoms with E-state index in [0.29, 0.717) is 11.8 Å². The van der Waals surface area contributed by atoms with E-state index in [1.54, 1.807) is 11.3 Å². The van der Waals surface area contributed by atoms with Crippen molar-refractivity contribution < 1.29 is 0 Å². The van der Waals surface area contributed by atoms with E-state index in [1.807, 2.05) is 11.7 Å². The van der Waals surface area contributed by atoms with Crippen LogP contribution < -0.4 is 5.32 Å². The molecule has 5 nitrogen and oxygen atoms in total. The van der Waals surface area contributed by atoms with Crippen molar-refractivity contribution in [2.24, 2.45) is 13.0 Å². The van der Waals surface area contributed by atoms with E-state index in [0.717, 1.165) is 28.8 Å². The Morgan fingerprint density at radius 1 is 1.25 bits per heavy atom. The SMILES string of the molecule is CC(C)Cc1nnc(NCc2cn(C)nc2C(C)C)s1. The van der Waals surface area contributed by atoms with Gasteiger partial charge in [-0.1, -0.05) is 39.0 Å². The van der Waals surface area contributed by atoms with Crippen molar-refractivity contribution in [3.05, 3.63) is 22.5 Å². The Morgan fingerprint density at radius 3 is 2.65 bits per heavy atom. The number of rotatable bonds is 6. The number of aryl methyl sites for hydroxylation is 1. The molecule has 2 rings (SSSR count). The van der Waals surface area contributed by atoms with Crippen LogP contribution >= 0.6 is 11.3 Å². The first-order valence-electron chi connectivity index (χ1n) is 7.04. The second-order valence-corrected chi connectivity index (χ2v) is 6.88. The Labute approximate surface area is 124 Å². The number of hydrogen-bond acceptors (Lipinski definition) is 5. The summed E-state index contributed by atoms with van der Waals surface area (Å²) in [5.74, 6) is 1.04. The summed E-state index contributed by atoms with van der Waals surface area (Å²) >= 11 is 1.64. The lowest BCUT2D eigenvalue weighted by Crippen LogP contribution is -2.02. The van der Waals surface area contributed by atoms with Gasteiger partial charge in [0.1, 0.15) is 5.01 Å². The van der Waals surface area contributed by atoms with Gasteiger partial charge in [-0.3, -0.25) is 4.68 Å². The average molecular weight is 293 g/mol. The molecular formula is C14H23N5S. The van der Waals surface area contributed by atoms with E-state index < -0.39 is 0 Å². The summed E-state index contributed by atoms with van der Waals surface area (Å²) in [5, 5.41) is 18.3. The molecule has 0 spiro atoms. The molecule has 110 valence electrons. The lowest BCUT2D eigenvalue weighted by molar-refractivity contribution is 0.640. The topological polar surface area (TPSA) is 55.6 Å². The van der Waals surface area contributed by atoms with Crippen LogP contribution in [0.5, 0.6) is 0 Å². The summed E-state index contributed by atoms with van der Waals surface area (Å²) in [7, 11) is 1.96. The van der Waals surface area contributed by atoms with Gasteiger partial charge in [0.15, 0.2) is 0 Å². The minimum atomic E-state index is 0.430. The number of hydrogen-bond donors (Lipinski definition) is 1. The third kappa shape index (κ3) is 3.79. The molecule has 0 unspecified atom stereocenters. The molecule has 0 aliphatic rings. The first-order valence-corrected chi connectivity index (χ1v) is 7.86. The van der Waals surface area contributed by atoms with Crippen LogP contribution in [0.1, 0.15) is 49.9 Å². The fourth-order valence-corrected chi connectivity index (χ4v) is 3.05. The van der Waals surface area contributed by atoms with Gasteiger partial charge >= 0.3 is 0 Å². The monoisotopic (exact) mass is 293 g/mol.